The van der Waals surface area contributed by atoms with Crippen LogP contribution in [-0.2, 0) is 19.1 Å². The quantitative estimate of drug-likeness (QED) is 0.0472. The number of nitrogens with zero attached hydrogens (tertiary/aromatic N) is 1. The molecule has 0 spiro atoms. The number of unbranched alkanes of at least 4 members (excludes halogenated alkanes) is 24. The summed E-state index contributed by atoms with van der Waals surface area (Å²) in [5, 5.41) is 0. The van der Waals surface area contributed by atoms with E-state index in [2.05, 4.69) is 32.6 Å². The van der Waals surface area contributed by atoms with Gasteiger partial charge in [0.15, 0.2) is 0 Å². The summed E-state index contributed by atoms with van der Waals surface area (Å²) in [6.45, 7) is 14.6. The van der Waals surface area contributed by atoms with Gasteiger partial charge in [-0.15, -0.1) is 0 Å². The molecule has 0 aromatic carbocycles. The van der Waals surface area contributed by atoms with Crippen molar-refractivity contribution in [1.82, 2.24) is 4.90 Å². The lowest BCUT2D eigenvalue weighted by atomic mass is 10.0. The fraction of sp³-hybridized carbons (Fsp3) is 0.932. The summed E-state index contributed by atoms with van der Waals surface area (Å²) in [5.74, 6) is 0.0179. The lowest BCUT2D eigenvalue weighted by Gasteiger charge is -2.20. The Morgan fingerprint density at radius 2 is 0.837 bits per heavy atom. The maximum Gasteiger partial charge on any atom is 0.306 e. The molecule has 0 amide bonds. The summed E-state index contributed by atoms with van der Waals surface area (Å²) < 4.78 is 11.4. The fourth-order valence-corrected chi connectivity index (χ4v) is 6.73. The van der Waals surface area contributed by atoms with E-state index in [1.165, 1.54) is 154 Å². The number of hydrogen-bond donors (Lipinski definition) is 0. The molecule has 0 saturated carbocycles. The van der Waals surface area contributed by atoms with Crippen LogP contribution in [0, 0.1) is 6.92 Å². The van der Waals surface area contributed by atoms with E-state index in [0.29, 0.717) is 19.4 Å². The Morgan fingerprint density at radius 1 is 0.469 bits per heavy atom. The minimum Gasteiger partial charge on any atom is -0.466 e. The van der Waals surface area contributed by atoms with Crippen molar-refractivity contribution in [3.8, 4) is 0 Å². The molecule has 0 aromatic heterocycles. The average Bonchev–Trinajstić information content (AvgIpc) is 3.10. The topological polar surface area (TPSA) is 55.8 Å². The first kappa shape index (κ1) is 47.9. The molecule has 0 N–H and O–H groups in total. The monoisotopic (exact) mass is 693 g/mol. The first-order chi connectivity index (χ1) is 24.1. The summed E-state index contributed by atoms with van der Waals surface area (Å²) >= 11 is 0. The Hall–Kier alpha value is -1.10. The van der Waals surface area contributed by atoms with Crippen molar-refractivity contribution in [2.45, 2.75) is 239 Å². The molecule has 0 atom stereocenters. The molecule has 0 bridgehead atoms. The highest BCUT2D eigenvalue weighted by Gasteiger charge is 2.14. The van der Waals surface area contributed by atoms with Gasteiger partial charge in [-0.05, 0) is 84.3 Å². The molecule has 0 fully saturated rings. The summed E-state index contributed by atoms with van der Waals surface area (Å²) in [6, 6.07) is 0. The van der Waals surface area contributed by atoms with E-state index in [1.807, 2.05) is 0 Å². The Labute approximate surface area is 307 Å². The molecule has 0 aliphatic rings. The number of esters is 2. The van der Waals surface area contributed by atoms with Gasteiger partial charge in [-0.25, -0.2) is 0 Å². The van der Waals surface area contributed by atoms with Gasteiger partial charge in [0, 0.05) is 12.8 Å². The molecule has 0 aliphatic heterocycles. The van der Waals surface area contributed by atoms with Gasteiger partial charge >= 0.3 is 11.9 Å². The molecule has 5 heteroatoms. The lowest BCUT2D eigenvalue weighted by molar-refractivity contribution is -0.150. The molecule has 0 rings (SSSR count). The zero-order valence-corrected chi connectivity index (χ0v) is 33.5. The predicted molar refractivity (Wildman–Crippen MR) is 212 cm³/mol. The average molecular weight is 693 g/mol. The number of ether oxygens (including phenoxy) is 2. The van der Waals surface area contributed by atoms with Gasteiger partial charge in [-0.3, -0.25) is 9.59 Å². The highest BCUT2D eigenvalue weighted by molar-refractivity contribution is 5.69. The van der Waals surface area contributed by atoms with E-state index >= 15 is 0 Å². The molecule has 291 valence electrons. The van der Waals surface area contributed by atoms with E-state index in [1.54, 1.807) is 0 Å². The maximum absolute atomic E-state index is 12.7. The smallest absolute Gasteiger partial charge is 0.306 e. The van der Waals surface area contributed by atoms with Crippen LogP contribution in [0.4, 0.5) is 0 Å². The first-order valence-corrected chi connectivity index (χ1v) is 21.9. The van der Waals surface area contributed by atoms with Crippen molar-refractivity contribution in [2.75, 3.05) is 26.2 Å². The second-order valence-corrected chi connectivity index (χ2v) is 14.9. The van der Waals surface area contributed by atoms with Gasteiger partial charge in [0.1, 0.15) is 6.10 Å². The van der Waals surface area contributed by atoms with E-state index in [4.69, 9.17) is 9.47 Å². The van der Waals surface area contributed by atoms with Crippen molar-refractivity contribution >= 4 is 11.9 Å². The highest BCUT2D eigenvalue weighted by Crippen LogP contribution is 2.18. The Balaban J connectivity index is 3.85. The Kier molecular flexibility index (Phi) is 38.8. The predicted octanol–water partition coefficient (Wildman–Crippen LogP) is 13.5. The molecular formula is C44H86NO4. The summed E-state index contributed by atoms with van der Waals surface area (Å²) in [5.41, 5.74) is 0. The summed E-state index contributed by atoms with van der Waals surface area (Å²) in [6.07, 6.45) is 39.0. The van der Waals surface area contributed by atoms with E-state index in [-0.39, 0.29) is 18.0 Å². The first-order valence-electron chi connectivity index (χ1n) is 21.9. The van der Waals surface area contributed by atoms with Crippen LogP contribution in [0.15, 0.2) is 0 Å². The standard InChI is InChI=1S/C44H86NO4/c1-5-9-12-15-18-27-34-41-48-43(46)37-30-23-19-25-32-39-45(8-4)40-33-26-20-24-31-38-44(47)49-42(35-28-21-16-13-10-6-2)36-29-22-17-14-11-7-3/h42H,4-41H2,1-3H3. The molecule has 0 heterocycles. The van der Waals surface area contributed by atoms with Gasteiger partial charge < -0.3 is 14.4 Å². The highest BCUT2D eigenvalue weighted by atomic mass is 16.5. The van der Waals surface area contributed by atoms with Crippen LogP contribution in [0.1, 0.15) is 233 Å². The zero-order chi connectivity index (χ0) is 35.9. The Bertz CT molecular complexity index is 668. The van der Waals surface area contributed by atoms with Gasteiger partial charge in [0.25, 0.3) is 0 Å². The van der Waals surface area contributed by atoms with E-state index in [0.717, 1.165) is 64.6 Å². The second-order valence-electron chi connectivity index (χ2n) is 14.9. The Morgan fingerprint density at radius 3 is 1.29 bits per heavy atom. The van der Waals surface area contributed by atoms with Gasteiger partial charge in [0.05, 0.1) is 6.61 Å². The van der Waals surface area contributed by atoms with Crippen LogP contribution in [0.2, 0.25) is 0 Å². The van der Waals surface area contributed by atoms with Crippen molar-refractivity contribution < 1.29 is 19.1 Å². The van der Waals surface area contributed by atoms with Gasteiger partial charge in [-0.1, -0.05) is 162 Å². The molecule has 0 saturated heterocycles. The van der Waals surface area contributed by atoms with Crippen LogP contribution < -0.4 is 0 Å². The van der Waals surface area contributed by atoms with Crippen LogP contribution in [0.3, 0.4) is 0 Å². The van der Waals surface area contributed by atoms with E-state index in [9.17, 15) is 9.59 Å². The van der Waals surface area contributed by atoms with Crippen LogP contribution in [-0.4, -0.2) is 49.2 Å². The third-order valence-electron chi connectivity index (χ3n) is 10.1. The molecule has 5 nitrogen and oxygen atoms in total. The number of carbonyl (C=O) groups excluding carboxylic acids is 2. The molecule has 0 aliphatic carbocycles. The molecule has 0 unspecified atom stereocenters. The van der Waals surface area contributed by atoms with Crippen molar-refractivity contribution in [1.29, 1.82) is 0 Å². The molecule has 49 heavy (non-hydrogen) atoms. The number of hydrogen-bond acceptors (Lipinski definition) is 5. The summed E-state index contributed by atoms with van der Waals surface area (Å²) in [7, 11) is 0. The van der Waals surface area contributed by atoms with Crippen LogP contribution >= 0.6 is 0 Å². The second kappa shape index (κ2) is 39.7. The van der Waals surface area contributed by atoms with Crippen molar-refractivity contribution in [3.05, 3.63) is 6.92 Å². The minimum atomic E-state index is -0.0135. The molecule has 1 radical (unpaired) electrons. The zero-order valence-electron chi connectivity index (χ0n) is 33.5. The largest absolute Gasteiger partial charge is 0.466 e. The van der Waals surface area contributed by atoms with Crippen LogP contribution in [0.25, 0.3) is 0 Å². The fourth-order valence-electron chi connectivity index (χ4n) is 6.73. The van der Waals surface area contributed by atoms with Crippen molar-refractivity contribution in [3.63, 3.8) is 0 Å². The molecular weight excluding hydrogens is 606 g/mol. The van der Waals surface area contributed by atoms with Crippen LogP contribution in [0.5, 0.6) is 0 Å². The normalized spacial score (nSPS) is 11.6. The number of rotatable bonds is 40. The third-order valence-corrected chi connectivity index (χ3v) is 10.1. The molecule has 0 aromatic rings. The van der Waals surface area contributed by atoms with Gasteiger partial charge in [0.2, 0.25) is 0 Å². The lowest BCUT2D eigenvalue weighted by Crippen LogP contribution is -2.25. The summed E-state index contributed by atoms with van der Waals surface area (Å²) in [4.78, 5) is 27.1. The third kappa shape index (κ3) is 36.5. The van der Waals surface area contributed by atoms with Gasteiger partial charge in [-0.2, -0.15) is 0 Å². The number of carbonyl (C=O) groups is 2. The van der Waals surface area contributed by atoms with E-state index < -0.39 is 0 Å². The van der Waals surface area contributed by atoms with Crippen molar-refractivity contribution in [2.24, 2.45) is 0 Å². The SMILES string of the molecule is [CH2]CN(CCCCCCCC(=O)OCCCCCCCCC)CCCCCCCC(=O)OC(CCCCCCCC)CCCCCCCC. The minimum absolute atomic E-state index is 0.0135. The maximum atomic E-state index is 12.7.